The third-order valence-corrected chi connectivity index (χ3v) is 3.76. The smallest absolute Gasteiger partial charge is 0.339 e. The lowest BCUT2D eigenvalue weighted by Gasteiger charge is -2.08. The van der Waals surface area contributed by atoms with E-state index in [2.05, 4.69) is 21.2 Å². The van der Waals surface area contributed by atoms with Crippen molar-refractivity contribution < 1.29 is 14.3 Å². The van der Waals surface area contributed by atoms with E-state index in [1.54, 1.807) is 12.1 Å². The van der Waals surface area contributed by atoms with Gasteiger partial charge in [0.2, 0.25) is 0 Å². The van der Waals surface area contributed by atoms with E-state index >= 15 is 0 Å². The van der Waals surface area contributed by atoms with Gasteiger partial charge in [0.05, 0.1) is 28.0 Å². The number of carboxylic acid groups (broad SMARTS) is 1. The van der Waals surface area contributed by atoms with Crippen molar-refractivity contribution in [2.45, 2.75) is 6.54 Å². The third kappa shape index (κ3) is 2.68. The van der Waals surface area contributed by atoms with E-state index in [9.17, 15) is 4.79 Å². The van der Waals surface area contributed by atoms with E-state index in [1.807, 2.05) is 6.07 Å². The first kappa shape index (κ1) is 13.0. The zero-order chi connectivity index (χ0) is 13.1. The Labute approximate surface area is 117 Å². The Hall–Kier alpha value is -1.46. The maximum absolute atomic E-state index is 10.9. The molecule has 0 fully saturated rings. The van der Waals surface area contributed by atoms with E-state index < -0.39 is 5.97 Å². The van der Waals surface area contributed by atoms with Crippen LogP contribution in [0.25, 0.3) is 0 Å². The van der Waals surface area contributed by atoms with Crippen LogP contribution >= 0.6 is 27.5 Å². The Morgan fingerprint density at radius 2 is 2.22 bits per heavy atom. The minimum absolute atomic E-state index is 0.153. The summed E-state index contributed by atoms with van der Waals surface area (Å²) >= 11 is 9.30. The minimum atomic E-state index is -1.01. The summed E-state index contributed by atoms with van der Waals surface area (Å²) < 4.78 is 5.86. The number of aromatic carboxylic acids is 1. The van der Waals surface area contributed by atoms with Crippen LogP contribution in [0.3, 0.4) is 0 Å². The molecule has 0 saturated carbocycles. The largest absolute Gasteiger partial charge is 0.478 e. The second-order valence-corrected chi connectivity index (χ2v) is 4.72. The Morgan fingerprint density at radius 3 is 2.94 bits per heavy atom. The molecule has 0 saturated heterocycles. The number of anilines is 1. The van der Waals surface area contributed by atoms with Crippen molar-refractivity contribution in [1.29, 1.82) is 0 Å². The molecule has 2 rings (SSSR count). The molecule has 1 aromatic carbocycles. The van der Waals surface area contributed by atoms with Crippen molar-refractivity contribution in [1.82, 2.24) is 0 Å². The predicted octanol–water partition coefficient (Wildman–Crippen LogP) is 4.01. The van der Waals surface area contributed by atoms with E-state index in [0.29, 0.717) is 10.8 Å². The van der Waals surface area contributed by atoms with Gasteiger partial charge < -0.3 is 14.8 Å². The molecule has 0 spiro atoms. The molecular weight excluding hydrogens is 321 g/mol. The van der Waals surface area contributed by atoms with Crippen molar-refractivity contribution in [2.24, 2.45) is 0 Å². The average molecular weight is 331 g/mol. The van der Waals surface area contributed by atoms with Gasteiger partial charge in [-0.15, -0.1) is 0 Å². The number of rotatable bonds is 4. The maximum Gasteiger partial charge on any atom is 0.339 e. The van der Waals surface area contributed by atoms with E-state index in [1.165, 1.54) is 12.3 Å². The summed E-state index contributed by atoms with van der Waals surface area (Å²) in [4.78, 5) is 10.9. The molecule has 2 aromatic rings. The normalized spacial score (nSPS) is 10.3. The van der Waals surface area contributed by atoms with Crippen LogP contribution in [-0.2, 0) is 6.54 Å². The quantitative estimate of drug-likeness (QED) is 0.889. The summed E-state index contributed by atoms with van der Waals surface area (Å²) in [5.41, 5.74) is 0.927. The first-order chi connectivity index (χ1) is 8.59. The molecule has 0 aliphatic carbocycles. The topological polar surface area (TPSA) is 62.5 Å². The summed E-state index contributed by atoms with van der Waals surface area (Å²) in [5, 5.41) is 12.6. The van der Waals surface area contributed by atoms with Crippen molar-refractivity contribution in [3.8, 4) is 0 Å². The fourth-order valence-corrected chi connectivity index (χ4v) is 2.06. The summed E-state index contributed by atoms with van der Waals surface area (Å²) in [6.45, 7) is 0.271. The Morgan fingerprint density at radius 1 is 1.44 bits per heavy atom. The van der Waals surface area contributed by atoms with Gasteiger partial charge in [-0.2, -0.15) is 0 Å². The van der Waals surface area contributed by atoms with Gasteiger partial charge >= 0.3 is 5.97 Å². The monoisotopic (exact) mass is 329 g/mol. The van der Waals surface area contributed by atoms with Crippen LogP contribution in [0.5, 0.6) is 0 Å². The van der Waals surface area contributed by atoms with Crippen LogP contribution in [0.2, 0.25) is 5.02 Å². The van der Waals surface area contributed by atoms with E-state index in [0.717, 1.165) is 10.2 Å². The van der Waals surface area contributed by atoms with Crippen LogP contribution in [0.15, 0.2) is 39.4 Å². The molecule has 0 atom stereocenters. The number of benzene rings is 1. The van der Waals surface area contributed by atoms with Gasteiger partial charge in [0.1, 0.15) is 11.3 Å². The lowest BCUT2D eigenvalue weighted by atomic mass is 10.2. The van der Waals surface area contributed by atoms with E-state index in [4.69, 9.17) is 21.1 Å². The number of hydrogen-bond donors (Lipinski definition) is 2. The second kappa shape index (κ2) is 5.46. The SMILES string of the molecule is O=C(O)c1ccoc1CNc1cccc(Cl)c1Br. The third-order valence-electron chi connectivity index (χ3n) is 2.37. The summed E-state index contributed by atoms with van der Waals surface area (Å²) in [6.07, 6.45) is 1.35. The number of carboxylic acids is 1. The molecular formula is C12H9BrClNO3. The molecule has 0 aliphatic rings. The molecule has 0 aliphatic heterocycles. The lowest BCUT2D eigenvalue weighted by Crippen LogP contribution is -2.05. The molecule has 0 radical (unpaired) electrons. The molecule has 1 aromatic heterocycles. The highest BCUT2D eigenvalue weighted by atomic mass is 79.9. The standard InChI is InChI=1S/C12H9BrClNO3/c13-11-8(14)2-1-3-9(11)15-6-10-7(12(16)17)4-5-18-10/h1-5,15H,6H2,(H,16,17). The highest BCUT2D eigenvalue weighted by Gasteiger charge is 2.13. The summed E-state index contributed by atoms with van der Waals surface area (Å²) in [6, 6.07) is 6.81. The summed E-state index contributed by atoms with van der Waals surface area (Å²) in [5.74, 6) is -0.639. The molecule has 0 amide bonds. The van der Waals surface area contributed by atoms with Crippen LogP contribution in [0.4, 0.5) is 5.69 Å². The molecule has 6 heteroatoms. The van der Waals surface area contributed by atoms with Gasteiger partial charge in [0, 0.05) is 0 Å². The van der Waals surface area contributed by atoms with Crippen LogP contribution < -0.4 is 5.32 Å². The van der Waals surface area contributed by atoms with Crippen LogP contribution in [0.1, 0.15) is 16.1 Å². The predicted molar refractivity (Wildman–Crippen MR) is 72.1 cm³/mol. The average Bonchev–Trinajstić information content (AvgIpc) is 2.79. The van der Waals surface area contributed by atoms with Crippen LogP contribution in [-0.4, -0.2) is 11.1 Å². The minimum Gasteiger partial charge on any atom is -0.478 e. The molecule has 4 nitrogen and oxygen atoms in total. The highest BCUT2D eigenvalue weighted by Crippen LogP contribution is 2.30. The number of carbonyl (C=O) groups is 1. The van der Waals surface area contributed by atoms with Crippen molar-refractivity contribution >= 4 is 39.2 Å². The zero-order valence-corrected chi connectivity index (χ0v) is 11.5. The first-order valence-corrected chi connectivity index (χ1v) is 6.24. The fraction of sp³-hybridized carbons (Fsp3) is 0.0833. The molecule has 94 valence electrons. The second-order valence-electron chi connectivity index (χ2n) is 3.52. The van der Waals surface area contributed by atoms with Crippen molar-refractivity contribution in [3.05, 3.63) is 51.3 Å². The first-order valence-electron chi connectivity index (χ1n) is 5.07. The van der Waals surface area contributed by atoms with Gasteiger partial charge in [-0.3, -0.25) is 0 Å². The van der Waals surface area contributed by atoms with Gasteiger partial charge in [0.15, 0.2) is 0 Å². The number of halogens is 2. The molecule has 1 heterocycles. The van der Waals surface area contributed by atoms with Crippen molar-refractivity contribution in [2.75, 3.05) is 5.32 Å². The summed E-state index contributed by atoms with van der Waals surface area (Å²) in [7, 11) is 0. The van der Waals surface area contributed by atoms with Gasteiger partial charge in [-0.1, -0.05) is 17.7 Å². The Bertz CT molecular complexity index is 582. The Balaban J connectivity index is 2.14. The van der Waals surface area contributed by atoms with Crippen LogP contribution in [0, 0.1) is 0 Å². The molecule has 0 unspecified atom stereocenters. The molecule has 2 N–H and O–H groups in total. The fourth-order valence-electron chi connectivity index (χ4n) is 1.48. The lowest BCUT2D eigenvalue weighted by molar-refractivity contribution is 0.0694. The van der Waals surface area contributed by atoms with Gasteiger partial charge in [-0.25, -0.2) is 4.79 Å². The number of hydrogen-bond acceptors (Lipinski definition) is 3. The van der Waals surface area contributed by atoms with Gasteiger partial charge in [0.25, 0.3) is 0 Å². The highest BCUT2D eigenvalue weighted by molar-refractivity contribution is 9.10. The van der Waals surface area contributed by atoms with Gasteiger partial charge in [-0.05, 0) is 34.1 Å². The molecule has 18 heavy (non-hydrogen) atoms. The Kier molecular flexibility index (Phi) is 3.93. The van der Waals surface area contributed by atoms with Crippen molar-refractivity contribution in [3.63, 3.8) is 0 Å². The zero-order valence-electron chi connectivity index (χ0n) is 9.11. The number of furan rings is 1. The maximum atomic E-state index is 10.9. The number of nitrogens with one attached hydrogen (secondary N) is 1. The molecule has 0 bridgehead atoms. The van der Waals surface area contributed by atoms with E-state index in [-0.39, 0.29) is 12.1 Å².